The highest BCUT2D eigenvalue weighted by atomic mass is 32.1. The average Bonchev–Trinajstić information content (AvgIpc) is 3.33. The molecule has 1 atom stereocenters. The highest BCUT2D eigenvalue weighted by Crippen LogP contribution is 2.35. The van der Waals surface area contributed by atoms with Crippen molar-refractivity contribution in [3.63, 3.8) is 0 Å². The molecule has 0 saturated carbocycles. The number of oxazole rings is 1. The Morgan fingerprint density at radius 2 is 2.18 bits per heavy atom. The van der Waals surface area contributed by atoms with E-state index in [9.17, 15) is 4.79 Å². The van der Waals surface area contributed by atoms with Crippen LogP contribution in [0.5, 0.6) is 0 Å². The van der Waals surface area contributed by atoms with Crippen molar-refractivity contribution in [2.45, 2.75) is 20.0 Å². The summed E-state index contributed by atoms with van der Waals surface area (Å²) < 4.78 is 12.1. The number of thiazole rings is 1. The standard InChI is InChI=1S/C19H18N4O3S2/c1-10-9-23(5-6-25-10)19-22-18-16(28-19)8-15(27-18)17(24)21-12-3-4-14-13(7-12)20-11(2)26-14/h3-4,7-8,10H,5-6,9H2,1-2H3,(H,21,24). The quantitative estimate of drug-likeness (QED) is 0.539. The fraction of sp³-hybridized carbons (Fsp3) is 0.316. The first-order valence-corrected chi connectivity index (χ1v) is 10.6. The highest BCUT2D eigenvalue weighted by molar-refractivity contribution is 7.29. The molecule has 0 aliphatic carbocycles. The smallest absolute Gasteiger partial charge is 0.265 e. The van der Waals surface area contributed by atoms with Gasteiger partial charge in [0, 0.05) is 25.7 Å². The van der Waals surface area contributed by atoms with Gasteiger partial charge in [0.25, 0.3) is 5.91 Å². The Morgan fingerprint density at radius 3 is 3.00 bits per heavy atom. The van der Waals surface area contributed by atoms with Crippen LogP contribution in [-0.4, -0.2) is 41.7 Å². The molecule has 5 rings (SSSR count). The summed E-state index contributed by atoms with van der Waals surface area (Å²) in [6.07, 6.45) is 0.211. The van der Waals surface area contributed by atoms with Crippen molar-refractivity contribution in [3.8, 4) is 0 Å². The Balaban J connectivity index is 1.34. The number of nitrogens with zero attached hydrogens (tertiary/aromatic N) is 3. The van der Waals surface area contributed by atoms with Crippen LogP contribution in [0, 0.1) is 6.92 Å². The first-order valence-electron chi connectivity index (χ1n) is 9.00. The normalized spacial score (nSPS) is 17.5. The number of rotatable bonds is 3. The number of carbonyl (C=O) groups excluding carboxylic acids is 1. The minimum atomic E-state index is -0.142. The predicted octanol–water partition coefficient (Wildman–Crippen LogP) is 4.28. The van der Waals surface area contributed by atoms with Gasteiger partial charge >= 0.3 is 0 Å². The molecule has 1 aliphatic heterocycles. The van der Waals surface area contributed by atoms with Crippen molar-refractivity contribution in [2.75, 3.05) is 29.9 Å². The van der Waals surface area contributed by atoms with Crippen LogP contribution in [0.1, 0.15) is 22.5 Å². The maximum Gasteiger partial charge on any atom is 0.265 e. The number of aromatic nitrogens is 2. The first-order chi connectivity index (χ1) is 13.5. The zero-order valence-corrected chi connectivity index (χ0v) is 17.0. The van der Waals surface area contributed by atoms with Crippen LogP contribution in [0.4, 0.5) is 10.8 Å². The number of nitrogens with one attached hydrogen (secondary N) is 1. The molecule has 0 spiro atoms. The van der Waals surface area contributed by atoms with E-state index < -0.39 is 0 Å². The van der Waals surface area contributed by atoms with Gasteiger partial charge in [-0.2, -0.15) is 0 Å². The molecule has 7 nitrogen and oxygen atoms in total. The molecule has 144 valence electrons. The van der Waals surface area contributed by atoms with E-state index in [0.717, 1.165) is 39.9 Å². The van der Waals surface area contributed by atoms with Crippen LogP contribution in [0.2, 0.25) is 0 Å². The lowest BCUT2D eigenvalue weighted by Gasteiger charge is -2.30. The number of amides is 1. The van der Waals surface area contributed by atoms with Gasteiger partial charge < -0.3 is 19.4 Å². The molecule has 0 radical (unpaired) electrons. The monoisotopic (exact) mass is 414 g/mol. The lowest BCUT2D eigenvalue weighted by atomic mass is 10.3. The number of anilines is 2. The molecule has 1 saturated heterocycles. The molecule has 4 heterocycles. The van der Waals surface area contributed by atoms with E-state index in [1.807, 2.05) is 24.3 Å². The topological polar surface area (TPSA) is 80.5 Å². The largest absolute Gasteiger partial charge is 0.441 e. The molecule has 3 aromatic heterocycles. The molecular formula is C19H18N4O3S2. The second-order valence-electron chi connectivity index (χ2n) is 6.77. The lowest BCUT2D eigenvalue weighted by Crippen LogP contribution is -2.41. The fourth-order valence-corrected chi connectivity index (χ4v) is 5.42. The Labute approximate surface area is 168 Å². The maximum atomic E-state index is 12.7. The van der Waals surface area contributed by atoms with E-state index >= 15 is 0 Å². The Morgan fingerprint density at radius 1 is 1.29 bits per heavy atom. The van der Waals surface area contributed by atoms with Crippen LogP contribution in [0.3, 0.4) is 0 Å². The van der Waals surface area contributed by atoms with Gasteiger partial charge in [0.05, 0.1) is 22.3 Å². The summed E-state index contributed by atoms with van der Waals surface area (Å²) in [7, 11) is 0. The molecule has 1 amide bonds. The summed E-state index contributed by atoms with van der Waals surface area (Å²) >= 11 is 3.04. The number of ether oxygens (including phenoxy) is 1. The van der Waals surface area contributed by atoms with E-state index in [1.54, 1.807) is 18.3 Å². The van der Waals surface area contributed by atoms with Crippen LogP contribution < -0.4 is 10.2 Å². The molecule has 1 aromatic carbocycles. The van der Waals surface area contributed by atoms with Gasteiger partial charge in [0.15, 0.2) is 16.6 Å². The SMILES string of the molecule is Cc1nc2cc(NC(=O)c3cc4sc(N5CCOC(C)C5)nc4s3)ccc2o1. The number of morpholine rings is 1. The molecule has 9 heteroatoms. The number of benzene rings is 1. The molecule has 1 unspecified atom stereocenters. The summed E-state index contributed by atoms with van der Waals surface area (Å²) in [5, 5.41) is 3.93. The summed E-state index contributed by atoms with van der Waals surface area (Å²) in [6, 6.07) is 7.36. The van der Waals surface area contributed by atoms with Crippen LogP contribution in [0.15, 0.2) is 28.7 Å². The van der Waals surface area contributed by atoms with Crippen molar-refractivity contribution in [2.24, 2.45) is 0 Å². The number of thiophene rings is 1. The maximum absolute atomic E-state index is 12.7. The van der Waals surface area contributed by atoms with Gasteiger partial charge in [-0.15, -0.1) is 11.3 Å². The van der Waals surface area contributed by atoms with E-state index in [1.165, 1.54) is 11.3 Å². The van der Waals surface area contributed by atoms with Crippen LogP contribution >= 0.6 is 22.7 Å². The zero-order valence-electron chi connectivity index (χ0n) is 15.4. The first kappa shape index (κ1) is 17.6. The van der Waals surface area contributed by atoms with Gasteiger partial charge in [0.2, 0.25) is 0 Å². The summed E-state index contributed by atoms with van der Waals surface area (Å²) in [4.78, 5) is 25.5. The van der Waals surface area contributed by atoms with Crippen molar-refractivity contribution >= 4 is 60.0 Å². The molecule has 0 bridgehead atoms. The molecule has 1 N–H and O–H groups in total. The number of aryl methyl sites for hydroxylation is 1. The van der Waals surface area contributed by atoms with E-state index in [2.05, 4.69) is 22.1 Å². The zero-order chi connectivity index (χ0) is 19.3. The molecular weight excluding hydrogens is 396 g/mol. The highest BCUT2D eigenvalue weighted by Gasteiger charge is 2.21. The molecule has 1 fully saturated rings. The fourth-order valence-electron chi connectivity index (χ4n) is 3.28. The van der Waals surface area contributed by atoms with Gasteiger partial charge in [-0.1, -0.05) is 11.3 Å². The van der Waals surface area contributed by atoms with Crippen molar-refractivity contribution < 1.29 is 13.9 Å². The number of hydrogen-bond donors (Lipinski definition) is 1. The number of hydrogen-bond acceptors (Lipinski definition) is 8. The molecule has 1 aliphatic rings. The van der Waals surface area contributed by atoms with Crippen molar-refractivity contribution in [3.05, 3.63) is 35.0 Å². The van der Waals surface area contributed by atoms with Gasteiger partial charge in [0.1, 0.15) is 10.3 Å². The average molecular weight is 415 g/mol. The summed E-state index contributed by atoms with van der Waals surface area (Å²) in [5.74, 6) is 0.463. The van der Waals surface area contributed by atoms with E-state index in [4.69, 9.17) is 14.1 Å². The van der Waals surface area contributed by atoms with E-state index in [-0.39, 0.29) is 12.0 Å². The minimum absolute atomic E-state index is 0.142. The van der Waals surface area contributed by atoms with Crippen LogP contribution in [-0.2, 0) is 4.74 Å². The van der Waals surface area contributed by atoms with Gasteiger partial charge in [-0.3, -0.25) is 4.79 Å². The molecule has 4 aromatic rings. The minimum Gasteiger partial charge on any atom is -0.441 e. The summed E-state index contributed by atoms with van der Waals surface area (Å²) in [5.41, 5.74) is 2.13. The predicted molar refractivity (Wildman–Crippen MR) is 112 cm³/mol. The second-order valence-corrected chi connectivity index (χ2v) is 8.81. The second kappa shape index (κ2) is 6.84. The van der Waals surface area contributed by atoms with Crippen molar-refractivity contribution in [1.29, 1.82) is 0 Å². The molecule has 28 heavy (non-hydrogen) atoms. The Hall–Kier alpha value is -2.49. The van der Waals surface area contributed by atoms with E-state index in [0.29, 0.717) is 22.0 Å². The third-order valence-electron chi connectivity index (χ3n) is 4.57. The summed E-state index contributed by atoms with van der Waals surface area (Å²) in [6.45, 7) is 6.29. The number of fused-ring (bicyclic) bond motifs is 2. The van der Waals surface area contributed by atoms with Gasteiger partial charge in [-0.25, -0.2) is 9.97 Å². The number of carbonyl (C=O) groups is 1. The third kappa shape index (κ3) is 3.25. The van der Waals surface area contributed by atoms with Crippen molar-refractivity contribution in [1.82, 2.24) is 9.97 Å². The third-order valence-corrected chi connectivity index (χ3v) is 6.79. The van der Waals surface area contributed by atoms with Crippen LogP contribution in [0.25, 0.3) is 20.6 Å². The lowest BCUT2D eigenvalue weighted by molar-refractivity contribution is 0.0532. The Bertz CT molecular complexity index is 1150. The van der Waals surface area contributed by atoms with Gasteiger partial charge in [-0.05, 0) is 31.2 Å². The Kier molecular flexibility index (Phi) is 4.30.